The summed E-state index contributed by atoms with van der Waals surface area (Å²) >= 11 is 6.61. The molecule has 2 aliphatic heterocycles. The zero-order valence-corrected chi connectivity index (χ0v) is 18.6. The Labute approximate surface area is 185 Å². The molecule has 4 rings (SSSR count). The first-order chi connectivity index (χ1) is 14.6. The van der Waals surface area contributed by atoms with Gasteiger partial charge in [-0.15, -0.1) is 0 Å². The van der Waals surface area contributed by atoms with E-state index in [0.29, 0.717) is 44.1 Å². The van der Waals surface area contributed by atoms with Crippen LogP contribution >= 0.6 is 11.6 Å². The molecule has 1 fully saturated rings. The van der Waals surface area contributed by atoms with Crippen molar-refractivity contribution < 1.29 is 18.7 Å². The Morgan fingerprint density at radius 2 is 2.06 bits per heavy atom. The Hall–Kier alpha value is -2.58. The summed E-state index contributed by atoms with van der Waals surface area (Å²) in [6, 6.07) is 6.21. The Kier molecular flexibility index (Phi) is 5.70. The molecular formula is C22H26ClFN4O3. The molecule has 2 N–H and O–H groups in total. The smallest absolute Gasteiger partial charge is 0.410 e. The number of benzene rings is 1. The Morgan fingerprint density at radius 3 is 2.77 bits per heavy atom. The third-order valence-electron chi connectivity index (χ3n) is 5.39. The molecule has 0 aliphatic carbocycles. The minimum absolute atomic E-state index is 0.0546. The van der Waals surface area contributed by atoms with E-state index in [2.05, 4.69) is 9.88 Å². The Balaban J connectivity index is 1.59. The number of carbonyl (C=O) groups excluding carboxylic acids is 1. The average molecular weight is 449 g/mol. The van der Waals surface area contributed by atoms with Crippen LogP contribution in [0.2, 0.25) is 5.02 Å². The maximum atomic E-state index is 14.3. The number of hydrogen-bond donors (Lipinski definition) is 1. The molecule has 31 heavy (non-hydrogen) atoms. The van der Waals surface area contributed by atoms with Crippen LogP contribution in [-0.2, 0) is 11.3 Å². The second kappa shape index (κ2) is 8.16. The largest absolute Gasteiger partial charge is 0.490 e. The van der Waals surface area contributed by atoms with E-state index in [1.165, 1.54) is 6.07 Å². The number of rotatable bonds is 1. The van der Waals surface area contributed by atoms with E-state index in [0.717, 1.165) is 0 Å². The lowest BCUT2D eigenvalue weighted by molar-refractivity contribution is -0.00153. The van der Waals surface area contributed by atoms with Gasteiger partial charge in [-0.2, -0.15) is 0 Å². The topological polar surface area (TPSA) is 80.9 Å². The van der Waals surface area contributed by atoms with Crippen LogP contribution in [0, 0.1) is 5.82 Å². The van der Waals surface area contributed by atoms with E-state index in [9.17, 15) is 9.18 Å². The normalized spacial score (nSPS) is 19.1. The van der Waals surface area contributed by atoms with Gasteiger partial charge in [0.2, 0.25) is 0 Å². The van der Waals surface area contributed by atoms with Crippen molar-refractivity contribution in [3.63, 3.8) is 0 Å². The number of anilines is 1. The van der Waals surface area contributed by atoms with Crippen molar-refractivity contribution in [1.29, 1.82) is 0 Å². The number of aromatic nitrogens is 1. The van der Waals surface area contributed by atoms with Crippen LogP contribution < -0.4 is 10.5 Å². The summed E-state index contributed by atoms with van der Waals surface area (Å²) < 4.78 is 25.9. The highest BCUT2D eigenvalue weighted by atomic mass is 35.5. The van der Waals surface area contributed by atoms with Gasteiger partial charge in [-0.3, -0.25) is 4.90 Å². The fourth-order valence-electron chi connectivity index (χ4n) is 3.86. The van der Waals surface area contributed by atoms with Gasteiger partial charge in [0, 0.05) is 31.7 Å². The van der Waals surface area contributed by atoms with Gasteiger partial charge in [-0.1, -0.05) is 23.7 Å². The number of piperazine rings is 1. The van der Waals surface area contributed by atoms with Gasteiger partial charge in [-0.05, 0) is 32.9 Å². The summed E-state index contributed by atoms with van der Waals surface area (Å²) in [5.41, 5.74) is 6.90. The van der Waals surface area contributed by atoms with Gasteiger partial charge in [0.15, 0.2) is 0 Å². The number of hydrogen-bond acceptors (Lipinski definition) is 6. The van der Waals surface area contributed by atoms with Crippen LogP contribution in [-0.4, -0.2) is 58.8 Å². The quantitative estimate of drug-likeness (QED) is 0.711. The van der Waals surface area contributed by atoms with Crippen LogP contribution in [0.25, 0.3) is 11.3 Å². The molecule has 1 amide bonds. The van der Waals surface area contributed by atoms with Crippen LogP contribution in [0.3, 0.4) is 0 Å². The SMILES string of the molecule is CC(C)(C)OC(=O)N1CCN2Cc3c(N)nc(-c4ccccc4F)c(Cl)c3OCC2C1. The molecule has 1 atom stereocenters. The van der Waals surface area contributed by atoms with Crippen LogP contribution in [0.5, 0.6) is 5.75 Å². The monoisotopic (exact) mass is 448 g/mol. The Morgan fingerprint density at radius 1 is 1.32 bits per heavy atom. The predicted octanol–water partition coefficient (Wildman–Crippen LogP) is 3.94. The van der Waals surface area contributed by atoms with E-state index in [-0.39, 0.29) is 34.2 Å². The Bertz CT molecular complexity index is 1010. The van der Waals surface area contributed by atoms with E-state index >= 15 is 0 Å². The highest BCUT2D eigenvalue weighted by molar-refractivity contribution is 6.34. The van der Waals surface area contributed by atoms with Gasteiger partial charge in [0.1, 0.15) is 34.6 Å². The zero-order chi connectivity index (χ0) is 22.3. The van der Waals surface area contributed by atoms with E-state index < -0.39 is 11.4 Å². The first kappa shape index (κ1) is 21.6. The number of amides is 1. The summed E-state index contributed by atoms with van der Waals surface area (Å²) in [6.07, 6.45) is -0.338. The third-order valence-corrected chi connectivity index (χ3v) is 5.74. The number of halogens is 2. The minimum Gasteiger partial charge on any atom is -0.490 e. The molecule has 1 aromatic carbocycles. The lowest BCUT2D eigenvalue weighted by Gasteiger charge is -2.40. The molecule has 9 heteroatoms. The summed E-state index contributed by atoms with van der Waals surface area (Å²) in [6.45, 7) is 7.97. The maximum absolute atomic E-state index is 14.3. The number of nitrogens with zero attached hydrogens (tertiary/aromatic N) is 3. The van der Waals surface area contributed by atoms with E-state index in [4.69, 9.17) is 26.8 Å². The fourth-order valence-corrected chi connectivity index (χ4v) is 4.18. The number of pyridine rings is 1. The molecule has 1 saturated heterocycles. The van der Waals surface area contributed by atoms with Crippen molar-refractivity contribution in [2.75, 3.05) is 32.0 Å². The molecule has 0 spiro atoms. The third kappa shape index (κ3) is 4.41. The van der Waals surface area contributed by atoms with Gasteiger partial charge < -0.3 is 20.1 Å². The number of ether oxygens (including phenoxy) is 2. The summed E-state index contributed by atoms with van der Waals surface area (Å²) in [7, 11) is 0. The van der Waals surface area contributed by atoms with Gasteiger partial charge in [0.25, 0.3) is 0 Å². The van der Waals surface area contributed by atoms with Gasteiger partial charge in [0.05, 0.1) is 17.3 Å². The summed E-state index contributed by atoms with van der Waals surface area (Å²) in [5, 5.41) is 0.234. The summed E-state index contributed by atoms with van der Waals surface area (Å²) in [4.78, 5) is 20.8. The molecule has 1 aromatic heterocycles. The molecule has 0 saturated carbocycles. The molecule has 166 valence electrons. The van der Waals surface area contributed by atoms with E-state index in [1.54, 1.807) is 23.1 Å². The molecule has 2 aromatic rings. The molecule has 7 nitrogen and oxygen atoms in total. The molecule has 2 aliphatic rings. The number of fused-ring (bicyclic) bond motifs is 2. The first-order valence-electron chi connectivity index (χ1n) is 10.2. The first-order valence-corrected chi connectivity index (χ1v) is 10.6. The number of nitrogen functional groups attached to an aromatic ring is 1. The second-order valence-electron chi connectivity index (χ2n) is 8.81. The average Bonchev–Trinajstić information content (AvgIpc) is 2.90. The zero-order valence-electron chi connectivity index (χ0n) is 17.8. The van der Waals surface area contributed by atoms with Crippen LogP contribution in [0.15, 0.2) is 24.3 Å². The van der Waals surface area contributed by atoms with Crippen molar-refractivity contribution in [2.24, 2.45) is 0 Å². The van der Waals surface area contributed by atoms with E-state index in [1.807, 2.05) is 20.8 Å². The van der Waals surface area contributed by atoms with Crippen molar-refractivity contribution in [1.82, 2.24) is 14.8 Å². The van der Waals surface area contributed by atoms with Gasteiger partial charge >= 0.3 is 6.09 Å². The minimum atomic E-state index is -0.554. The summed E-state index contributed by atoms with van der Waals surface area (Å²) in [5.74, 6) is 0.244. The maximum Gasteiger partial charge on any atom is 0.410 e. The molecule has 0 bridgehead atoms. The van der Waals surface area contributed by atoms with Crippen LogP contribution in [0.1, 0.15) is 26.3 Å². The van der Waals surface area contributed by atoms with Crippen molar-refractivity contribution >= 4 is 23.5 Å². The van der Waals surface area contributed by atoms with Crippen molar-refractivity contribution in [3.8, 4) is 17.0 Å². The fraction of sp³-hybridized carbons (Fsp3) is 0.455. The lowest BCUT2D eigenvalue weighted by atomic mass is 10.1. The molecule has 1 unspecified atom stereocenters. The highest BCUT2D eigenvalue weighted by Gasteiger charge is 2.36. The standard InChI is InChI=1S/C22H26ClFN4O3/c1-22(2,3)31-21(29)28-9-8-27-11-15-19(30-12-13(27)10-28)17(23)18(26-20(15)25)14-6-4-5-7-16(14)24/h4-7,13H,8-12H2,1-3H3,(H2,25,26). The van der Waals surface area contributed by atoms with Crippen molar-refractivity contribution in [2.45, 2.75) is 39.0 Å². The second-order valence-corrected chi connectivity index (χ2v) is 9.19. The molecule has 0 radical (unpaired) electrons. The number of nitrogens with two attached hydrogens (primary N) is 1. The number of carbonyl (C=O) groups is 1. The van der Waals surface area contributed by atoms with Crippen molar-refractivity contribution in [3.05, 3.63) is 40.7 Å². The van der Waals surface area contributed by atoms with Crippen LogP contribution in [0.4, 0.5) is 15.0 Å². The van der Waals surface area contributed by atoms with Gasteiger partial charge in [-0.25, -0.2) is 14.2 Å². The molecular weight excluding hydrogens is 423 g/mol. The predicted molar refractivity (Wildman–Crippen MR) is 117 cm³/mol. The molecule has 3 heterocycles. The highest BCUT2D eigenvalue weighted by Crippen LogP contribution is 2.42. The lowest BCUT2D eigenvalue weighted by Crippen LogP contribution is -2.56.